The van der Waals surface area contributed by atoms with E-state index >= 15 is 0 Å². The Morgan fingerprint density at radius 2 is 2.13 bits per heavy atom. The summed E-state index contributed by atoms with van der Waals surface area (Å²) in [6.45, 7) is 1.61. The summed E-state index contributed by atoms with van der Waals surface area (Å²) in [7, 11) is 1.59. The van der Waals surface area contributed by atoms with E-state index in [1.54, 1.807) is 25.4 Å². The van der Waals surface area contributed by atoms with Crippen LogP contribution in [-0.4, -0.2) is 41.0 Å². The maximum absolute atomic E-state index is 13.0. The van der Waals surface area contributed by atoms with Gasteiger partial charge in [0.1, 0.15) is 5.82 Å². The highest BCUT2D eigenvalue weighted by molar-refractivity contribution is 5.76. The SMILES string of the molecule is COCCC(=O)N1CCc2nc(-c3ccc(F)cc3)ncc2C1. The van der Waals surface area contributed by atoms with Gasteiger partial charge in [-0.1, -0.05) is 0 Å². The highest BCUT2D eigenvalue weighted by atomic mass is 19.1. The molecule has 3 rings (SSSR count). The summed E-state index contributed by atoms with van der Waals surface area (Å²) in [4.78, 5) is 22.8. The molecule has 1 aliphatic heterocycles. The van der Waals surface area contributed by atoms with Gasteiger partial charge >= 0.3 is 0 Å². The fourth-order valence-electron chi connectivity index (χ4n) is 2.61. The second kappa shape index (κ2) is 6.83. The Hall–Kier alpha value is -2.34. The largest absolute Gasteiger partial charge is 0.384 e. The van der Waals surface area contributed by atoms with Gasteiger partial charge in [0, 0.05) is 43.9 Å². The Morgan fingerprint density at radius 3 is 2.87 bits per heavy atom. The number of aromatic nitrogens is 2. The van der Waals surface area contributed by atoms with Crippen LogP contribution in [0.2, 0.25) is 0 Å². The molecule has 0 saturated carbocycles. The van der Waals surface area contributed by atoms with Gasteiger partial charge in [-0.15, -0.1) is 0 Å². The lowest BCUT2D eigenvalue weighted by Gasteiger charge is -2.28. The van der Waals surface area contributed by atoms with E-state index < -0.39 is 0 Å². The average Bonchev–Trinajstić information content (AvgIpc) is 2.59. The molecule has 1 amide bonds. The number of nitrogens with zero attached hydrogens (tertiary/aromatic N) is 3. The van der Waals surface area contributed by atoms with Crippen LogP contribution in [0.5, 0.6) is 0 Å². The summed E-state index contributed by atoms with van der Waals surface area (Å²) in [6, 6.07) is 6.13. The second-order valence-electron chi connectivity index (χ2n) is 5.48. The molecule has 120 valence electrons. The third-order valence-corrected chi connectivity index (χ3v) is 3.91. The Bertz CT molecular complexity index is 703. The number of halogens is 1. The number of fused-ring (bicyclic) bond motifs is 1. The van der Waals surface area contributed by atoms with Crippen LogP contribution in [0.15, 0.2) is 30.5 Å². The molecule has 0 N–H and O–H groups in total. The zero-order valence-corrected chi connectivity index (χ0v) is 13.0. The van der Waals surface area contributed by atoms with E-state index in [2.05, 4.69) is 9.97 Å². The Balaban J connectivity index is 1.76. The van der Waals surface area contributed by atoms with Crippen molar-refractivity contribution in [3.05, 3.63) is 47.5 Å². The van der Waals surface area contributed by atoms with Crippen molar-refractivity contribution in [1.82, 2.24) is 14.9 Å². The molecule has 2 heterocycles. The number of carbonyl (C=O) groups excluding carboxylic acids is 1. The van der Waals surface area contributed by atoms with Gasteiger partial charge in [0.05, 0.1) is 18.7 Å². The fraction of sp³-hybridized carbons (Fsp3) is 0.353. The molecule has 1 aromatic heterocycles. The van der Waals surface area contributed by atoms with Crippen molar-refractivity contribution >= 4 is 5.91 Å². The summed E-state index contributed by atoms with van der Waals surface area (Å²) < 4.78 is 17.9. The number of benzene rings is 1. The molecule has 0 saturated heterocycles. The van der Waals surface area contributed by atoms with Gasteiger partial charge in [0.15, 0.2) is 5.82 Å². The number of hydrogen-bond acceptors (Lipinski definition) is 4. The summed E-state index contributed by atoms with van der Waals surface area (Å²) in [6.07, 6.45) is 2.85. The van der Waals surface area contributed by atoms with Crippen LogP contribution >= 0.6 is 0 Å². The molecular weight excluding hydrogens is 297 g/mol. The zero-order chi connectivity index (χ0) is 16.2. The first-order chi connectivity index (χ1) is 11.2. The molecule has 0 fully saturated rings. The molecule has 0 spiro atoms. The first-order valence-electron chi connectivity index (χ1n) is 7.55. The van der Waals surface area contributed by atoms with Crippen LogP contribution in [0.3, 0.4) is 0 Å². The van der Waals surface area contributed by atoms with Crippen LogP contribution in [0, 0.1) is 5.82 Å². The maximum atomic E-state index is 13.0. The highest BCUT2D eigenvalue weighted by Crippen LogP contribution is 2.21. The maximum Gasteiger partial charge on any atom is 0.225 e. The molecule has 23 heavy (non-hydrogen) atoms. The summed E-state index contributed by atoms with van der Waals surface area (Å²) >= 11 is 0. The molecule has 0 aliphatic carbocycles. The fourth-order valence-corrected chi connectivity index (χ4v) is 2.61. The summed E-state index contributed by atoms with van der Waals surface area (Å²) in [5.41, 5.74) is 2.70. The molecule has 0 atom stereocenters. The molecule has 2 aromatic rings. The van der Waals surface area contributed by atoms with Gasteiger partial charge in [-0.3, -0.25) is 4.79 Å². The van der Waals surface area contributed by atoms with Crippen molar-refractivity contribution < 1.29 is 13.9 Å². The highest BCUT2D eigenvalue weighted by Gasteiger charge is 2.22. The standard InChI is InChI=1S/C17H18FN3O2/c1-23-9-7-16(22)21-8-6-15-13(11-21)10-19-17(20-15)12-2-4-14(18)5-3-12/h2-5,10H,6-9,11H2,1H3. The molecule has 0 bridgehead atoms. The van der Waals surface area contributed by atoms with Crippen LogP contribution in [0.1, 0.15) is 17.7 Å². The lowest BCUT2D eigenvalue weighted by atomic mass is 10.1. The Kier molecular flexibility index (Phi) is 4.62. The number of ether oxygens (including phenoxy) is 1. The third kappa shape index (κ3) is 3.53. The number of carbonyl (C=O) groups is 1. The van der Waals surface area contributed by atoms with Crippen LogP contribution in [0.4, 0.5) is 4.39 Å². The van der Waals surface area contributed by atoms with Gasteiger partial charge < -0.3 is 9.64 Å². The van der Waals surface area contributed by atoms with E-state index in [-0.39, 0.29) is 11.7 Å². The van der Waals surface area contributed by atoms with Gasteiger partial charge in [-0.25, -0.2) is 14.4 Å². The third-order valence-electron chi connectivity index (χ3n) is 3.91. The van der Waals surface area contributed by atoms with E-state index in [1.807, 2.05) is 4.90 Å². The Morgan fingerprint density at radius 1 is 1.35 bits per heavy atom. The first kappa shape index (κ1) is 15.6. The van der Waals surface area contributed by atoms with E-state index in [4.69, 9.17) is 4.74 Å². The number of hydrogen-bond donors (Lipinski definition) is 0. The predicted octanol–water partition coefficient (Wildman–Crippen LogP) is 2.20. The summed E-state index contributed by atoms with van der Waals surface area (Å²) in [5.74, 6) is 0.389. The van der Waals surface area contributed by atoms with E-state index in [0.717, 1.165) is 16.8 Å². The quantitative estimate of drug-likeness (QED) is 0.868. The average molecular weight is 315 g/mol. The Labute approximate surface area is 134 Å². The first-order valence-corrected chi connectivity index (χ1v) is 7.55. The second-order valence-corrected chi connectivity index (χ2v) is 5.48. The number of rotatable bonds is 4. The van der Waals surface area contributed by atoms with Crippen molar-refractivity contribution in [3.8, 4) is 11.4 Å². The van der Waals surface area contributed by atoms with E-state index in [1.165, 1.54) is 12.1 Å². The smallest absolute Gasteiger partial charge is 0.225 e. The molecule has 6 heteroatoms. The molecule has 1 aliphatic rings. The minimum Gasteiger partial charge on any atom is -0.384 e. The molecule has 0 unspecified atom stereocenters. The van der Waals surface area contributed by atoms with Crippen molar-refractivity contribution in [3.63, 3.8) is 0 Å². The van der Waals surface area contributed by atoms with Crippen molar-refractivity contribution in [2.75, 3.05) is 20.3 Å². The molecule has 5 nitrogen and oxygen atoms in total. The lowest BCUT2D eigenvalue weighted by molar-refractivity contribution is -0.133. The zero-order valence-electron chi connectivity index (χ0n) is 13.0. The minimum atomic E-state index is -0.281. The van der Waals surface area contributed by atoms with Gasteiger partial charge in [0.25, 0.3) is 0 Å². The number of amides is 1. The normalized spacial score (nSPS) is 13.7. The van der Waals surface area contributed by atoms with E-state index in [0.29, 0.717) is 38.4 Å². The van der Waals surface area contributed by atoms with Crippen LogP contribution in [-0.2, 0) is 22.5 Å². The molecule has 0 radical (unpaired) electrons. The van der Waals surface area contributed by atoms with Gasteiger partial charge in [-0.2, -0.15) is 0 Å². The summed E-state index contributed by atoms with van der Waals surface area (Å²) in [5, 5.41) is 0. The van der Waals surface area contributed by atoms with Crippen molar-refractivity contribution in [1.29, 1.82) is 0 Å². The number of methoxy groups -OCH3 is 1. The minimum absolute atomic E-state index is 0.0834. The van der Waals surface area contributed by atoms with Crippen LogP contribution < -0.4 is 0 Å². The van der Waals surface area contributed by atoms with Crippen LogP contribution in [0.25, 0.3) is 11.4 Å². The van der Waals surface area contributed by atoms with Gasteiger partial charge in [0.2, 0.25) is 5.91 Å². The topological polar surface area (TPSA) is 55.3 Å². The molecule has 1 aromatic carbocycles. The lowest BCUT2D eigenvalue weighted by Crippen LogP contribution is -2.36. The predicted molar refractivity (Wildman–Crippen MR) is 83.0 cm³/mol. The van der Waals surface area contributed by atoms with Crippen molar-refractivity contribution in [2.45, 2.75) is 19.4 Å². The molecular formula is C17H18FN3O2. The van der Waals surface area contributed by atoms with Gasteiger partial charge in [-0.05, 0) is 24.3 Å². The van der Waals surface area contributed by atoms with Crippen molar-refractivity contribution in [2.24, 2.45) is 0 Å². The monoisotopic (exact) mass is 315 g/mol. The van der Waals surface area contributed by atoms with E-state index in [9.17, 15) is 9.18 Å².